The molecule has 1 aromatic carbocycles. The summed E-state index contributed by atoms with van der Waals surface area (Å²) in [5, 5.41) is 0. The lowest BCUT2D eigenvalue weighted by atomic mass is 9.93. The lowest BCUT2D eigenvalue weighted by molar-refractivity contribution is -0.127. The normalized spacial score (nSPS) is 18.1. The van der Waals surface area contributed by atoms with Gasteiger partial charge in [0.15, 0.2) is 0 Å². The summed E-state index contributed by atoms with van der Waals surface area (Å²) in [5.41, 5.74) is 2.44. The third kappa shape index (κ3) is 1.92. The molecule has 0 atom stereocenters. The molecular weight excluding hydrogens is 294 g/mol. The minimum atomic E-state index is -0.501. The van der Waals surface area contributed by atoms with Crippen LogP contribution in [0.2, 0.25) is 0 Å². The number of hydrogen-bond acceptors (Lipinski definition) is 2. The number of nitrogens with zero attached hydrogens (tertiary/aromatic N) is 1. The second-order valence-electron chi connectivity index (χ2n) is 5.51. The smallest absolute Gasteiger partial charge is 0.235 e. The number of hydrogen-bond donors (Lipinski definition) is 0. The standard InChI is InChI=1S/C14H18BrNO2/c1-8-6-10(15)9(2)11-12(8)18-7-14(3,4)13(17)16(11)5/h6H,7H2,1-5H3. The number of benzene rings is 1. The fourth-order valence-electron chi connectivity index (χ4n) is 2.29. The van der Waals surface area contributed by atoms with Gasteiger partial charge >= 0.3 is 0 Å². The average Bonchev–Trinajstić information content (AvgIpc) is 2.37. The third-order valence-corrected chi connectivity index (χ3v) is 4.25. The minimum absolute atomic E-state index is 0.0850. The molecule has 0 spiro atoms. The largest absolute Gasteiger partial charge is 0.490 e. The first-order chi connectivity index (χ1) is 8.25. The lowest BCUT2D eigenvalue weighted by Gasteiger charge is -2.25. The predicted octanol–water partition coefficient (Wildman–Crippen LogP) is 3.45. The van der Waals surface area contributed by atoms with Gasteiger partial charge in [0.05, 0.1) is 11.1 Å². The van der Waals surface area contributed by atoms with Gasteiger partial charge in [-0.15, -0.1) is 0 Å². The molecule has 0 unspecified atom stereocenters. The molecule has 4 heteroatoms. The zero-order valence-electron chi connectivity index (χ0n) is 11.4. The Bertz CT molecular complexity index is 523. The summed E-state index contributed by atoms with van der Waals surface area (Å²) in [6.45, 7) is 8.23. The van der Waals surface area contributed by atoms with Crippen LogP contribution in [-0.2, 0) is 4.79 Å². The number of fused-ring (bicyclic) bond motifs is 1. The summed E-state index contributed by atoms with van der Waals surface area (Å²) in [6, 6.07) is 2.03. The first kappa shape index (κ1) is 13.4. The second-order valence-corrected chi connectivity index (χ2v) is 6.37. The van der Waals surface area contributed by atoms with Crippen LogP contribution in [0.4, 0.5) is 5.69 Å². The van der Waals surface area contributed by atoms with Gasteiger partial charge in [-0.2, -0.15) is 0 Å². The number of amides is 1. The molecule has 1 aliphatic heterocycles. The van der Waals surface area contributed by atoms with Gasteiger partial charge < -0.3 is 9.64 Å². The van der Waals surface area contributed by atoms with Crippen LogP contribution >= 0.6 is 15.9 Å². The summed E-state index contributed by atoms with van der Waals surface area (Å²) in [6.07, 6.45) is 0. The fourth-order valence-corrected chi connectivity index (χ4v) is 2.82. The first-order valence-corrected chi connectivity index (χ1v) is 6.75. The van der Waals surface area contributed by atoms with Crippen molar-refractivity contribution < 1.29 is 9.53 Å². The average molecular weight is 312 g/mol. The van der Waals surface area contributed by atoms with Gasteiger partial charge in [0.1, 0.15) is 12.4 Å². The van der Waals surface area contributed by atoms with E-state index in [9.17, 15) is 4.79 Å². The molecule has 0 aromatic heterocycles. The minimum Gasteiger partial charge on any atom is -0.490 e. The molecule has 0 aliphatic carbocycles. The predicted molar refractivity (Wildman–Crippen MR) is 76.3 cm³/mol. The maximum absolute atomic E-state index is 12.4. The molecule has 1 aromatic rings. The van der Waals surface area contributed by atoms with Crippen molar-refractivity contribution in [2.24, 2.45) is 5.41 Å². The molecule has 0 bridgehead atoms. The third-order valence-electron chi connectivity index (χ3n) is 3.43. The molecule has 0 fully saturated rings. The second kappa shape index (κ2) is 4.26. The summed E-state index contributed by atoms with van der Waals surface area (Å²) in [5.74, 6) is 0.902. The summed E-state index contributed by atoms with van der Waals surface area (Å²) in [7, 11) is 1.82. The van der Waals surface area contributed by atoms with Crippen LogP contribution in [0.15, 0.2) is 10.5 Å². The molecule has 1 heterocycles. The van der Waals surface area contributed by atoms with Crippen molar-refractivity contribution in [1.29, 1.82) is 0 Å². The monoisotopic (exact) mass is 311 g/mol. The quantitative estimate of drug-likeness (QED) is 0.734. The molecule has 0 radical (unpaired) electrons. The molecule has 1 amide bonds. The van der Waals surface area contributed by atoms with E-state index in [4.69, 9.17) is 4.74 Å². The topological polar surface area (TPSA) is 29.5 Å². The SMILES string of the molecule is Cc1cc(Br)c(C)c2c1OCC(C)(C)C(=O)N2C. The van der Waals surface area contributed by atoms with Gasteiger partial charge in [-0.1, -0.05) is 15.9 Å². The van der Waals surface area contributed by atoms with Crippen LogP contribution in [-0.4, -0.2) is 19.6 Å². The van der Waals surface area contributed by atoms with Crippen LogP contribution in [0.5, 0.6) is 5.75 Å². The molecule has 3 nitrogen and oxygen atoms in total. The molecule has 0 saturated carbocycles. The van der Waals surface area contributed by atoms with Crippen LogP contribution < -0.4 is 9.64 Å². The highest BCUT2D eigenvalue weighted by atomic mass is 79.9. The number of carbonyl (C=O) groups is 1. The number of anilines is 1. The summed E-state index contributed by atoms with van der Waals surface area (Å²) < 4.78 is 6.89. The molecule has 1 aliphatic rings. The Morgan fingerprint density at radius 1 is 1.39 bits per heavy atom. The van der Waals surface area contributed by atoms with Crippen molar-refractivity contribution >= 4 is 27.5 Å². The van der Waals surface area contributed by atoms with Gasteiger partial charge in [-0.25, -0.2) is 0 Å². The van der Waals surface area contributed by atoms with Gasteiger partial charge in [0.25, 0.3) is 0 Å². The molecule has 0 N–H and O–H groups in total. The zero-order chi connectivity index (χ0) is 13.7. The molecule has 0 saturated heterocycles. The summed E-state index contributed by atoms with van der Waals surface area (Å²) >= 11 is 3.53. The van der Waals surface area contributed by atoms with Gasteiger partial charge in [-0.05, 0) is 44.9 Å². The first-order valence-electron chi connectivity index (χ1n) is 5.96. The Balaban J connectivity index is 2.69. The van der Waals surface area contributed by atoms with Crippen molar-refractivity contribution in [3.05, 3.63) is 21.7 Å². The summed E-state index contributed by atoms with van der Waals surface area (Å²) in [4.78, 5) is 14.2. The van der Waals surface area contributed by atoms with E-state index in [1.807, 2.05) is 40.8 Å². The molecule has 18 heavy (non-hydrogen) atoms. The number of halogens is 1. The number of carbonyl (C=O) groups excluding carboxylic acids is 1. The van der Waals surface area contributed by atoms with E-state index in [-0.39, 0.29) is 5.91 Å². The fraction of sp³-hybridized carbons (Fsp3) is 0.500. The lowest BCUT2D eigenvalue weighted by Crippen LogP contribution is -2.40. The van der Waals surface area contributed by atoms with Gasteiger partial charge in [0.2, 0.25) is 5.91 Å². The maximum Gasteiger partial charge on any atom is 0.235 e. The number of aryl methyl sites for hydroxylation is 1. The van der Waals surface area contributed by atoms with Gasteiger partial charge in [0, 0.05) is 11.5 Å². The highest BCUT2D eigenvalue weighted by Gasteiger charge is 2.37. The van der Waals surface area contributed by atoms with Crippen molar-refractivity contribution in [1.82, 2.24) is 0 Å². The maximum atomic E-state index is 12.4. The van der Waals surface area contributed by atoms with E-state index >= 15 is 0 Å². The van der Waals surface area contributed by atoms with Crippen molar-refractivity contribution in [3.8, 4) is 5.75 Å². The number of ether oxygens (including phenoxy) is 1. The van der Waals surface area contributed by atoms with Crippen molar-refractivity contribution in [2.75, 3.05) is 18.6 Å². The van der Waals surface area contributed by atoms with Crippen LogP contribution in [0.25, 0.3) is 0 Å². The van der Waals surface area contributed by atoms with Crippen molar-refractivity contribution in [3.63, 3.8) is 0 Å². The zero-order valence-corrected chi connectivity index (χ0v) is 13.0. The van der Waals surface area contributed by atoms with E-state index in [0.717, 1.165) is 27.0 Å². The van der Waals surface area contributed by atoms with Crippen molar-refractivity contribution in [2.45, 2.75) is 27.7 Å². The number of rotatable bonds is 0. The van der Waals surface area contributed by atoms with Gasteiger partial charge in [-0.3, -0.25) is 4.79 Å². The Morgan fingerprint density at radius 3 is 2.61 bits per heavy atom. The van der Waals surface area contributed by atoms with E-state index in [0.29, 0.717) is 6.61 Å². The van der Waals surface area contributed by atoms with E-state index < -0.39 is 5.41 Å². The van der Waals surface area contributed by atoms with E-state index in [1.165, 1.54) is 0 Å². The molecular formula is C14H18BrNO2. The highest BCUT2D eigenvalue weighted by molar-refractivity contribution is 9.10. The van der Waals surface area contributed by atoms with Crippen LogP contribution in [0, 0.1) is 19.3 Å². The Kier molecular flexibility index (Phi) is 3.18. The van der Waals surface area contributed by atoms with E-state index in [1.54, 1.807) is 4.90 Å². The van der Waals surface area contributed by atoms with E-state index in [2.05, 4.69) is 15.9 Å². The highest BCUT2D eigenvalue weighted by Crippen LogP contribution is 2.42. The Morgan fingerprint density at radius 2 is 2.00 bits per heavy atom. The Hall–Kier alpha value is -1.03. The van der Waals surface area contributed by atoms with Crippen LogP contribution in [0.1, 0.15) is 25.0 Å². The Labute approximate surface area is 116 Å². The molecule has 2 rings (SSSR count). The van der Waals surface area contributed by atoms with Crippen LogP contribution in [0.3, 0.4) is 0 Å². The molecule has 98 valence electrons.